The van der Waals surface area contributed by atoms with Gasteiger partial charge in [0, 0.05) is 24.5 Å². The average Bonchev–Trinajstić information content (AvgIpc) is 2.84. The number of nitrogens with one attached hydrogen (secondary N) is 1. The summed E-state index contributed by atoms with van der Waals surface area (Å²) in [5.74, 6) is 0.792. The second kappa shape index (κ2) is 5.48. The zero-order chi connectivity index (χ0) is 11.4. The second-order valence-electron chi connectivity index (χ2n) is 5.25. The van der Waals surface area contributed by atoms with Crippen LogP contribution in [0.25, 0.3) is 0 Å². The summed E-state index contributed by atoms with van der Waals surface area (Å²) in [7, 11) is 0. The van der Waals surface area contributed by atoms with Gasteiger partial charge in [0.1, 0.15) is 0 Å². The van der Waals surface area contributed by atoms with Crippen molar-refractivity contribution in [2.45, 2.75) is 51.6 Å². The normalized spacial score (nSPS) is 25.4. The number of aromatic nitrogens is 2. The molecule has 3 heteroatoms. The molecular weight excluding hydrogens is 198 g/mol. The maximum Gasteiger partial charge on any atom is 0.0949 e. The van der Waals surface area contributed by atoms with Crippen LogP contribution in [-0.4, -0.2) is 22.1 Å². The third kappa shape index (κ3) is 2.85. The fraction of sp³-hybridized carbons (Fsp3) is 0.769. The lowest BCUT2D eigenvalue weighted by Crippen LogP contribution is -2.34. The van der Waals surface area contributed by atoms with Crippen molar-refractivity contribution in [2.24, 2.45) is 5.92 Å². The summed E-state index contributed by atoms with van der Waals surface area (Å²) < 4.78 is 2.26. The van der Waals surface area contributed by atoms with E-state index in [-0.39, 0.29) is 0 Å². The number of imidazole rings is 1. The van der Waals surface area contributed by atoms with Crippen LogP contribution in [0.4, 0.5) is 0 Å². The summed E-state index contributed by atoms with van der Waals surface area (Å²) >= 11 is 0. The first-order valence-corrected chi connectivity index (χ1v) is 6.48. The minimum absolute atomic E-state index is 0.620. The van der Waals surface area contributed by atoms with Gasteiger partial charge in [0.25, 0.3) is 0 Å². The summed E-state index contributed by atoms with van der Waals surface area (Å²) in [6, 6.07) is 1.27. The molecule has 0 radical (unpaired) electrons. The Hall–Kier alpha value is -0.830. The molecule has 1 fully saturated rings. The molecule has 0 saturated heterocycles. The third-order valence-electron chi connectivity index (χ3n) is 3.52. The van der Waals surface area contributed by atoms with Crippen molar-refractivity contribution in [1.82, 2.24) is 14.9 Å². The molecule has 3 nitrogen and oxygen atoms in total. The van der Waals surface area contributed by atoms with Crippen LogP contribution in [0.3, 0.4) is 0 Å². The maximum atomic E-state index is 4.14. The molecule has 16 heavy (non-hydrogen) atoms. The minimum atomic E-state index is 0.620. The fourth-order valence-electron chi connectivity index (χ4n) is 2.56. The van der Waals surface area contributed by atoms with E-state index < -0.39 is 0 Å². The van der Waals surface area contributed by atoms with Crippen LogP contribution in [0, 0.1) is 5.92 Å². The van der Waals surface area contributed by atoms with E-state index >= 15 is 0 Å². The Labute approximate surface area is 98.3 Å². The maximum absolute atomic E-state index is 4.14. The summed E-state index contributed by atoms with van der Waals surface area (Å²) in [5, 5.41) is 3.70. The van der Waals surface area contributed by atoms with Crippen LogP contribution < -0.4 is 5.32 Å². The van der Waals surface area contributed by atoms with E-state index in [0.29, 0.717) is 12.1 Å². The van der Waals surface area contributed by atoms with Crippen molar-refractivity contribution in [1.29, 1.82) is 0 Å². The summed E-state index contributed by atoms with van der Waals surface area (Å²) in [4.78, 5) is 4.14. The topological polar surface area (TPSA) is 29.9 Å². The van der Waals surface area contributed by atoms with Crippen molar-refractivity contribution in [3.63, 3.8) is 0 Å². The van der Waals surface area contributed by atoms with Crippen molar-refractivity contribution < 1.29 is 0 Å². The van der Waals surface area contributed by atoms with E-state index in [4.69, 9.17) is 0 Å². The fourth-order valence-corrected chi connectivity index (χ4v) is 2.56. The molecular formula is C13H23N3. The molecule has 1 aliphatic rings. The molecule has 0 aliphatic heterocycles. The molecule has 1 aliphatic carbocycles. The zero-order valence-electron chi connectivity index (χ0n) is 10.4. The standard InChI is InChI=1S/C13H23N3/c1-11(2)6-7-15-12-4-3-5-13(12)16-9-8-14-10-16/h8-13,15H,3-7H2,1-2H3/t12-,13+/m1/s1. The zero-order valence-corrected chi connectivity index (χ0v) is 10.4. The summed E-state index contributed by atoms with van der Waals surface area (Å²) in [6.07, 6.45) is 11.1. The van der Waals surface area contributed by atoms with Gasteiger partial charge in [0.15, 0.2) is 0 Å². The molecule has 2 atom stereocenters. The molecule has 1 aromatic rings. The lowest BCUT2D eigenvalue weighted by atomic mass is 10.1. The van der Waals surface area contributed by atoms with Crippen molar-refractivity contribution in [3.05, 3.63) is 18.7 Å². The van der Waals surface area contributed by atoms with E-state index in [1.165, 1.54) is 25.7 Å². The number of nitrogens with zero attached hydrogens (tertiary/aromatic N) is 2. The first kappa shape index (κ1) is 11.6. The van der Waals surface area contributed by atoms with Crippen molar-refractivity contribution in [2.75, 3.05) is 6.54 Å². The van der Waals surface area contributed by atoms with Gasteiger partial charge in [-0.25, -0.2) is 4.98 Å². The van der Waals surface area contributed by atoms with Gasteiger partial charge < -0.3 is 9.88 Å². The van der Waals surface area contributed by atoms with Gasteiger partial charge in [0.2, 0.25) is 0 Å². The van der Waals surface area contributed by atoms with Crippen molar-refractivity contribution in [3.8, 4) is 0 Å². The number of rotatable bonds is 5. The molecule has 0 amide bonds. The Morgan fingerprint density at radius 3 is 3.00 bits per heavy atom. The first-order chi connectivity index (χ1) is 7.77. The van der Waals surface area contributed by atoms with Crippen LogP contribution in [-0.2, 0) is 0 Å². The van der Waals surface area contributed by atoms with E-state index in [2.05, 4.69) is 34.9 Å². The Morgan fingerprint density at radius 2 is 2.31 bits per heavy atom. The number of hydrogen-bond acceptors (Lipinski definition) is 2. The highest BCUT2D eigenvalue weighted by atomic mass is 15.1. The Kier molecular flexibility index (Phi) is 3.99. The molecule has 1 saturated carbocycles. The van der Waals surface area contributed by atoms with E-state index in [1.807, 2.05) is 12.5 Å². The molecule has 90 valence electrons. The third-order valence-corrected chi connectivity index (χ3v) is 3.52. The Balaban J connectivity index is 1.84. The average molecular weight is 221 g/mol. The van der Waals surface area contributed by atoms with Gasteiger partial charge in [0.05, 0.1) is 6.33 Å². The largest absolute Gasteiger partial charge is 0.333 e. The first-order valence-electron chi connectivity index (χ1n) is 6.48. The highest BCUT2D eigenvalue weighted by Gasteiger charge is 2.27. The molecule has 2 rings (SSSR count). The molecule has 1 aromatic heterocycles. The van der Waals surface area contributed by atoms with E-state index in [1.54, 1.807) is 0 Å². The summed E-state index contributed by atoms with van der Waals surface area (Å²) in [6.45, 7) is 5.71. The van der Waals surface area contributed by atoms with Crippen LogP contribution in [0.15, 0.2) is 18.7 Å². The molecule has 1 N–H and O–H groups in total. The predicted molar refractivity (Wildman–Crippen MR) is 66.4 cm³/mol. The Bertz CT molecular complexity index is 292. The van der Waals surface area contributed by atoms with Gasteiger partial charge in [-0.05, 0) is 38.1 Å². The van der Waals surface area contributed by atoms with Crippen LogP contribution in [0.5, 0.6) is 0 Å². The quantitative estimate of drug-likeness (QED) is 0.828. The highest BCUT2D eigenvalue weighted by Crippen LogP contribution is 2.29. The molecule has 1 heterocycles. The lowest BCUT2D eigenvalue weighted by Gasteiger charge is -2.22. The van der Waals surface area contributed by atoms with Gasteiger partial charge in [-0.15, -0.1) is 0 Å². The second-order valence-corrected chi connectivity index (χ2v) is 5.25. The smallest absolute Gasteiger partial charge is 0.0949 e. The van der Waals surface area contributed by atoms with Crippen LogP contribution in [0.2, 0.25) is 0 Å². The van der Waals surface area contributed by atoms with E-state index in [9.17, 15) is 0 Å². The molecule has 0 spiro atoms. The Morgan fingerprint density at radius 1 is 1.44 bits per heavy atom. The van der Waals surface area contributed by atoms with Crippen LogP contribution >= 0.6 is 0 Å². The van der Waals surface area contributed by atoms with Gasteiger partial charge in [-0.2, -0.15) is 0 Å². The van der Waals surface area contributed by atoms with E-state index in [0.717, 1.165) is 12.5 Å². The SMILES string of the molecule is CC(C)CCN[C@@H]1CCC[C@@H]1n1ccnc1. The van der Waals surface area contributed by atoms with Gasteiger partial charge >= 0.3 is 0 Å². The predicted octanol–water partition coefficient (Wildman–Crippen LogP) is 2.61. The molecule has 0 unspecified atom stereocenters. The monoisotopic (exact) mass is 221 g/mol. The van der Waals surface area contributed by atoms with Gasteiger partial charge in [-0.1, -0.05) is 13.8 Å². The van der Waals surface area contributed by atoms with Crippen LogP contribution in [0.1, 0.15) is 45.6 Å². The lowest BCUT2D eigenvalue weighted by molar-refractivity contribution is 0.380. The van der Waals surface area contributed by atoms with Gasteiger partial charge in [-0.3, -0.25) is 0 Å². The number of hydrogen-bond donors (Lipinski definition) is 1. The highest BCUT2D eigenvalue weighted by molar-refractivity contribution is 4.91. The summed E-state index contributed by atoms with van der Waals surface area (Å²) in [5.41, 5.74) is 0. The van der Waals surface area contributed by atoms with Crippen molar-refractivity contribution >= 4 is 0 Å². The minimum Gasteiger partial charge on any atom is -0.333 e. The molecule has 0 bridgehead atoms. The molecule has 0 aromatic carbocycles.